The van der Waals surface area contributed by atoms with Crippen LogP contribution in [-0.2, 0) is 9.53 Å². The topological polar surface area (TPSA) is 38.3 Å². The van der Waals surface area contributed by atoms with Crippen LogP contribution in [0.2, 0.25) is 0 Å². The van der Waals surface area contributed by atoms with E-state index in [4.69, 9.17) is 0 Å². The maximum absolute atomic E-state index is 10.7. The molecule has 0 saturated carbocycles. The molecule has 1 unspecified atom stereocenters. The van der Waals surface area contributed by atoms with Gasteiger partial charge in [0, 0.05) is 6.04 Å². The lowest BCUT2D eigenvalue weighted by atomic mass is 10.1. The van der Waals surface area contributed by atoms with E-state index in [9.17, 15) is 4.79 Å². The summed E-state index contributed by atoms with van der Waals surface area (Å²) in [4.78, 5) is 10.7. The minimum atomic E-state index is -0.224. The zero-order valence-electron chi connectivity index (χ0n) is 7.12. The average molecular weight is 167 g/mol. The fourth-order valence-electron chi connectivity index (χ4n) is 1.02. The smallest absolute Gasteiger partial charge is 0.319 e. The molecule has 66 valence electrons. The van der Waals surface area contributed by atoms with Crippen LogP contribution in [0.1, 0.15) is 6.42 Å². The molecule has 0 heterocycles. The Bertz CT molecular complexity index is 209. The fraction of sp³-hybridized carbons (Fsp3) is 0.444. The number of hydrogen-bond acceptors (Lipinski definition) is 3. The van der Waals surface area contributed by atoms with E-state index in [2.05, 4.69) is 16.1 Å². The van der Waals surface area contributed by atoms with Crippen molar-refractivity contribution in [1.29, 1.82) is 0 Å². The minimum Gasteiger partial charge on any atom is -0.468 e. The highest BCUT2D eigenvalue weighted by Crippen LogP contribution is 2.01. The van der Waals surface area contributed by atoms with Crippen molar-refractivity contribution >= 4 is 5.97 Å². The van der Waals surface area contributed by atoms with Crippen LogP contribution in [0.4, 0.5) is 0 Å². The SMILES string of the molecule is COC(=O)CNC1C=CC=CC1. The maximum atomic E-state index is 10.7. The van der Waals surface area contributed by atoms with Crippen molar-refractivity contribution in [2.75, 3.05) is 13.7 Å². The highest BCUT2D eigenvalue weighted by atomic mass is 16.5. The van der Waals surface area contributed by atoms with Crippen LogP contribution in [-0.4, -0.2) is 25.7 Å². The van der Waals surface area contributed by atoms with Gasteiger partial charge >= 0.3 is 5.97 Å². The number of rotatable bonds is 3. The van der Waals surface area contributed by atoms with Gasteiger partial charge in [-0.15, -0.1) is 0 Å². The summed E-state index contributed by atoms with van der Waals surface area (Å²) < 4.78 is 4.50. The predicted molar refractivity (Wildman–Crippen MR) is 46.7 cm³/mol. The molecule has 1 atom stereocenters. The highest BCUT2D eigenvalue weighted by molar-refractivity contribution is 5.71. The minimum absolute atomic E-state index is 0.224. The van der Waals surface area contributed by atoms with Gasteiger partial charge in [0.15, 0.2) is 0 Å². The normalized spacial score (nSPS) is 20.9. The van der Waals surface area contributed by atoms with Gasteiger partial charge in [0.2, 0.25) is 0 Å². The molecule has 1 rings (SSSR count). The molecule has 3 heteroatoms. The third-order valence-corrected chi connectivity index (χ3v) is 1.72. The molecule has 0 saturated heterocycles. The molecule has 1 aliphatic rings. The van der Waals surface area contributed by atoms with Gasteiger partial charge in [-0.05, 0) is 6.42 Å². The predicted octanol–water partition coefficient (Wildman–Crippen LogP) is 0.634. The lowest BCUT2D eigenvalue weighted by Gasteiger charge is -2.13. The van der Waals surface area contributed by atoms with Crippen molar-refractivity contribution in [2.45, 2.75) is 12.5 Å². The first-order chi connectivity index (χ1) is 5.83. The summed E-state index contributed by atoms with van der Waals surface area (Å²) in [6.07, 6.45) is 9.00. The van der Waals surface area contributed by atoms with Crippen LogP contribution in [0.5, 0.6) is 0 Å². The van der Waals surface area contributed by atoms with E-state index in [1.165, 1.54) is 7.11 Å². The molecule has 1 N–H and O–H groups in total. The Kier molecular flexibility index (Phi) is 3.54. The lowest BCUT2D eigenvalue weighted by Crippen LogP contribution is -2.32. The second-order valence-corrected chi connectivity index (χ2v) is 2.61. The van der Waals surface area contributed by atoms with Gasteiger partial charge in [0.05, 0.1) is 13.7 Å². The average Bonchev–Trinajstić information content (AvgIpc) is 2.16. The Hall–Kier alpha value is -1.09. The first-order valence-electron chi connectivity index (χ1n) is 3.96. The fourth-order valence-corrected chi connectivity index (χ4v) is 1.02. The van der Waals surface area contributed by atoms with Gasteiger partial charge in [-0.2, -0.15) is 0 Å². The van der Waals surface area contributed by atoms with Crippen molar-refractivity contribution in [3.63, 3.8) is 0 Å². The Morgan fingerprint density at radius 2 is 2.50 bits per heavy atom. The van der Waals surface area contributed by atoms with Crippen molar-refractivity contribution < 1.29 is 9.53 Å². The molecule has 0 amide bonds. The summed E-state index contributed by atoms with van der Waals surface area (Å²) >= 11 is 0. The number of nitrogens with one attached hydrogen (secondary N) is 1. The Labute approximate surface area is 72.1 Å². The molecule has 0 bridgehead atoms. The quantitative estimate of drug-likeness (QED) is 0.627. The van der Waals surface area contributed by atoms with Crippen LogP contribution in [0.15, 0.2) is 24.3 Å². The molecule has 12 heavy (non-hydrogen) atoms. The van der Waals surface area contributed by atoms with Crippen molar-refractivity contribution in [1.82, 2.24) is 5.32 Å². The summed E-state index contributed by atoms with van der Waals surface area (Å²) in [5, 5.41) is 3.06. The summed E-state index contributed by atoms with van der Waals surface area (Å²) in [6, 6.07) is 0.272. The number of carbonyl (C=O) groups is 1. The van der Waals surface area contributed by atoms with E-state index in [0.29, 0.717) is 0 Å². The van der Waals surface area contributed by atoms with Gasteiger partial charge in [-0.25, -0.2) is 0 Å². The van der Waals surface area contributed by atoms with Crippen molar-refractivity contribution in [2.24, 2.45) is 0 Å². The molecule has 0 aromatic heterocycles. The van der Waals surface area contributed by atoms with Crippen LogP contribution in [0.25, 0.3) is 0 Å². The van der Waals surface area contributed by atoms with E-state index in [-0.39, 0.29) is 18.6 Å². The van der Waals surface area contributed by atoms with Crippen LogP contribution < -0.4 is 5.32 Å². The second-order valence-electron chi connectivity index (χ2n) is 2.61. The van der Waals surface area contributed by atoms with Crippen molar-refractivity contribution in [3.05, 3.63) is 24.3 Å². The molecule has 0 aromatic carbocycles. The summed E-state index contributed by atoms with van der Waals surface area (Å²) in [5.41, 5.74) is 0. The summed E-state index contributed by atoms with van der Waals surface area (Å²) in [7, 11) is 1.39. The Morgan fingerprint density at radius 1 is 1.67 bits per heavy atom. The number of hydrogen-bond donors (Lipinski definition) is 1. The monoisotopic (exact) mass is 167 g/mol. The first-order valence-corrected chi connectivity index (χ1v) is 3.96. The second kappa shape index (κ2) is 4.72. The molecule has 3 nitrogen and oxygen atoms in total. The van der Waals surface area contributed by atoms with E-state index < -0.39 is 0 Å². The zero-order chi connectivity index (χ0) is 8.81. The first kappa shape index (κ1) is 9.00. The number of methoxy groups -OCH3 is 1. The van der Waals surface area contributed by atoms with Gasteiger partial charge < -0.3 is 10.1 Å². The maximum Gasteiger partial charge on any atom is 0.319 e. The lowest BCUT2D eigenvalue weighted by molar-refractivity contribution is -0.139. The molecule has 0 radical (unpaired) electrons. The Balaban J connectivity index is 2.19. The van der Waals surface area contributed by atoms with Crippen LogP contribution in [0, 0.1) is 0 Å². The van der Waals surface area contributed by atoms with E-state index in [1.54, 1.807) is 0 Å². The van der Waals surface area contributed by atoms with Gasteiger partial charge in [-0.3, -0.25) is 4.79 Å². The van der Waals surface area contributed by atoms with Gasteiger partial charge in [-0.1, -0.05) is 24.3 Å². The Morgan fingerprint density at radius 3 is 3.08 bits per heavy atom. The third-order valence-electron chi connectivity index (χ3n) is 1.72. The van der Waals surface area contributed by atoms with Crippen LogP contribution >= 0.6 is 0 Å². The molecular weight excluding hydrogens is 154 g/mol. The molecule has 0 spiro atoms. The number of carbonyl (C=O) groups excluding carboxylic acids is 1. The number of esters is 1. The summed E-state index contributed by atoms with van der Waals surface area (Å²) in [5.74, 6) is -0.224. The summed E-state index contributed by atoms with van der Waals surface area (Å²) in [6.45, 7) is 0.277. The van der Waals surface area contributed by atoms with Crippen molar-refractivity contribution in [3.8, 4) is 0 Å². The molecule has 0 aromatic rings. The van der Waals surface area contributed by atoms with Gasteiger partial charge in [0.1, 0.15) is 0 Å². The molecule has 0 aliphatic heterocycles. The van der Waals surface area contributed by atoms with E-state index in [0.717, 1.165) is 6.42 Å². The zero-order valence-corrected chi connectivity index (χ0v) is 7.12. The van der Waals surface area contributed by atoms with Crippen LogP contribution in [0.3, 0.4) is 0 Å². The van der Waals surface area contributed by atoms with E-state index >= 15 is 0 Å². The third kappa shape index (κ3) is 2.88. The standard InChI is InChI=1S/C9H13NO2/c1-12-9(11)7-10-8-5-3-2-4-6-8/h2-5,8,10H,6-7H2,1H3. The molecular formula is C9H13NO2. The number of allylic oxidation sites excluding steroid dienone is 2. The molecule has 0 fully saturated rings. The van der Waals surface area contributed by atoms with E-state index in [1.807, 2.05) is 18.2 Å². The van der Waals surface area contributed by atoms with Gasteiger partial charge in [0.25, 0.3) is 0 Å². The highest BCUT2D eigenvalue weighted by Gasteiger charge is 2.06. The largest absolute Gasteiger partial charge is 0.468 e. The molecule has 1 aliphatic carbocycles. The number of ether oxygens (including phenoxy) is 1.